The number of nitrogens with one attached hydrogen (secondary N) is 1. The van der Waals surface area contributed by atoms with Crippen LogP contribution in [0.15, 0.2) is 18.2 Å². The minimum absolute atomic E-state index is 0.0778. The van der Waals surface area contributed by atoms with E-state index in [4.69, 9.17) is 9.47 Å². The zero-order valence-electron chi connectivity index (χ0n) is 17.1. The van der Waals surface area contributed by atoms with Gasteiger partial charge in [-0.2, -0.15) is 17.0 Å². The molecule has 8 nitrogen and oxygen atoms in total. The van der Waals surface area contributed by atoms with Crippen LogP contribution in [0.2, 0.25) is 0 Å². The number of carbonyl (C=O) groups excluding carboxylic acids is 1. The number of ether oxygens (including phenoxy) is 2. The molecule has 1 aromatic carbocycles. The van der Waals surface area contributed by atoms with Gasteiger partial charge in [0.05, 0.1) is 20.1 Å². The lowest BCUT2D eigenvalue weighted by Crippen LogP contribution is -2.48. The molecule has 1 amide bonds. The van der Waals surface area contributed by atoms with Crippen LogP contribution in [0.4, 0.5) is 0 Å². The summed E-state index contributed by atoms with van der Waals surface area (Å²) in [5.41, 5.74) is 1.10. The second-order valence-electron chi connectivity index (χ2n) is 7.07. The molecule has 0 radical (unpaired) electrons. The summed E-state index contributed by atoms with van der Waals surface area (Å²) in [6.45, 7) is 1.25. The van der Waals surface area contributed by atoms with E-state index in [1.165, 1.54) is 22.7 Å². The fourth-order valence-corrected chi connectivity index (χ4v) is 4.47. The molecule has 1 saturated heterocycles. The maximum atomic E-state index is 12.5. The van der Waals surface area contributed by atoms with E-state index < -0.39 is 10.2 Å². The van der Waals surface area contributed by atoms with E-state index in [1.54, 1.807) is 14.2 Å². The van der Waals surface area contributed by atoms with Crippen molar-refractivity contribution in [2.24, 2.45) is 5.92 Å². The van der Waals surface area contributed by atoms with E-state index >= 15 is 0 Å². The summed E-state index contributed by atoms with van der Waals surface area (Å²) < 4.78 is 37.7. The van der Waals surface area contributed by atoms with Gasteiger partial charge in [-0.1, -0.05) is 6.07 Å². The standard InChI is InChI=1S/C19H31N3O5S/c1-21(2)28(24,25)22-12-6-8-16(14-22)19(23)20-11-5-7-15-9-10-17(26-3)18(13-15)27-4/h9-10,13,16H,5-8,11-12,14H2,1-4H3,(H,20,23)/t16-/m1/s1. The molecule has 1 N–H and O–H groups in total. The van der Waals surface area contributed by atoms with Gasteiger partial charge >= 0.3 is 0 Å². The van der Waals surface area contributed by atoms with Crippen LogP contribution in [-0.4, -0.2) is 70.9 Å². The Morgan fingerprint density at radius 3 is 2.61 bits per heavy atom. The zero-order chi connectivity index (χ0) is 20.7. The summed E-state index contributed by atoms with van der Waals surface area (Å²) in [4.78, 5) is 12.5. The second kappa shape index (κ2) is 10.1. The van der Waals surface area contributed by atoms with Crippen molar-refractivity contribution in [2.75, 3.05) is 47.9 Å². The van der Waals surface area contributed by atoms with Crippen LogP contribution in [0.5, 0.6) is 11.5 Å². The van der Waals surface area contributed by atoms with Crippen molar-refractivity contribution in [1.29, 1.82) is 0 Å². The SMILES string of the molecule is COc1ccc(CCCNC(=O)[C@@H]2CCCN(S(=O)(=O)N(C)C)C2)cc1OC. The Morgan fingerprint density at radius 1 is 1.25 bits per heavy atom. The molecule has 0 bridgehead atoms. The highest BCUT2D eigenvalue weighted by Crippen LogP contribution is 2.28. The predicted octanol–water partition coefficient (Wildman–Crippen LogP) is 1.27. The number of rotatable bonds is 9. The summed E-state index contributed by atoms with van der Waals surface area (Å²) in [7, 11) is 2.74. The second-order valence-corrected chi connectivity index (χ2v) is 9.21. The van der Waals surface area contributed by atoms with Gasteiger partial charge in [0, 0.05) is 33.7 Å². The first-order chi connectivity index (χ1) is 13.3. The number of methoxy groups -OCH3 is 2. The van der Waals surface area contributed by atoms with Crippen molar-refractivity contribution in [3.63, 3.8) is 0 Å². The van der Waals surface area contributed by atoms with Crippen LogP contribution in [0, 0.1) is 5.92 Å². The molecule has 0 aromatic heterocycles. The topological polar surface area (TPSA) is 88.2 Å². The van der Waals surface area contributed by atoms with Crippen LogP contribution in [0.1, 0.15) is 24.8 Å². The van der Waals surface area contributed by atoms with Crippen LogP contribution in [-0.2, 0) is 21.4 Å². The molecule has 9 heteroatoms. The quantitative estimate of drug-likeness (QED) is 0.616. The van der Waals surface area contributed by atoms with E-state index in [9.17, 15) is 13.2 Å². The van der Waals surface area contributed by atoms with Gasteiger partial charge in [-0.25, -0.2) is 0 Å². The molecule has 0 saturated carbocycles. The molecule has 158 valence electrons. The maximum absolute atomic E-state index is 12.5. The summed E-state index contributed by atoms with van der Waals surface area (Å²) in [5.74, 6) is 0.998. The Balaban J connectivity index is 1.81. The molecule has 1 fully saturated rings. The molecular weight excluding hydrogens is 382 g/mol. The molecule has 1 heterocycles. The number of hydrogen-bond acceptors (Lipinski definition) is 5. The lowest BCUT2D eigenvalue weighted by Gasteiger charge is -2.32. The third-order valence-corrected chi connectivity index (χ3v) is 6.84. The van der Waals surface area contributed by atoms with Gasteiger partial charge < -0.3 is 14.8 Å². The Kier molecular flexibility index (Phi) is 8.09. The lowest BCUT2D eigenvalue weighted by molar-refractivity contribution is -0.126. The summed E-state index contributed by atoms with van der Waals surface area (Å²) in [6, 6.07) is 5.79. The number of aryl methyl sites for hydroxylation is 1. The molecule has 0 aliphatic carbocycles. The van der Waals surface area contributed by atoms with E-state index in [1.807, 2.05) is 18.2 Å². The highest BCUT2D eigenvalue weighted by Gasteiger charge is 2.33. The number of carbonyl (C=O) groups is 1. The largest absolute Gasteiger partial charge is 0.493 e. The third kappa shape index (κ3) is 5.59. The Labute approximate surface area is 168 Å². The summed E-state index contributed by atoms with van der Waals surface area (Å²) in [5, 5.41) is 2.95. The number of nitrogens with zero attached hydrogens (tertiary/aromatic N) is 2. The number of benzene rings is 1. The van der Waals surface area contributed by atoms with Crippen molar-refractivity contribution in [3.8, 4) is 11.5 Å². The first-order valence-electron chi connectivity index (χ1n) is 9.45. The van der Waals surface area contributed by atoms with E-state index in [0.29, 0.717) is 37.4 Å². The molecule has 1 aliphatic rings. The predicted molar refractivity (Wildman–Crippen MR) is 108 cm³/mol. The first-order valence-corrected chi connectivity index (χ1v) is 10.9. The molecule has 1 atom stereocenters. The maximum Gasteiger partial charge on any atom is 0.281 e. The molecule has 0 unspecified atom stereocenters. The lowest BCUT2D eigenvalue weighted by atomic mass is 9.99. The fraction of sp³-hybridized carbons (Fsp3) is 0.632. The van der Waals surface area contributed by atoms with Crippen LogP contribution >= 0.6 is 0 Å². The molecule has 1 aliphatic heterocycles. The van der Waals surface area contributed by atoms with Crippen molar-refractivity contribution in [1.82, 2.24) is 13.9 Å². The highest BCUT2D eigenvalue weighted by molar-refractivity contribution is 7.86. The minimum atomic E-state index is -3.48. The van der Waals surface area contributed by atoms with Crippen molar-refractivity contribution in [3.05, 3.63) is 23.8 Å². The molecular formula is C19H31N3O5S. The molecule has 2 rings (SSSR count). The number of amides is 1. The van der Waals surface area contributed by atoms with Gasteiger partial charge in [0.25, 0.3) is 10.2 Å². The highest BCUT2D eigenvalue weighted by atomic mass is 32.2. The third-order valence-electron chi connectivity index (χ3n) is 4.93. The van der Waals surface area contributed by atoms with Gasteiger partial charge in [0.2, 0.25) is 5.91 Å². The van der Waals surface area contributed by atoms with Gasteiger partial charge in [0.15, 0.2) is 11.5 Å². The van der Waals surface area contributed by atoms with Gasteiger partial charge in [-0.15, -0.1) is 0 Å². The normalized spacial score (nSPS) is 18.1. The molecule has 0 spiro atoms. The van der Waals surface area contributed by atoms with Gasteiger partial charge in [-0.3, -0.25) is 4.79 Å². The fourth-order valence-electron chi connectivity index (χ4n) is 3.28. The minimum Gasteiger partial charge on any atom is -0.493 e. The molecule has 1 aromatic rings. The van der Waals surface area contributed by atoms with Crippen molar-refractivity contribution >= 4 is 16.1 Å². The molecule has 28 heavy (non-hydrogen) atoms. The monoisotopic (exact) mass is 413 g/mol. The van der Waals surface area contributed by atoms with Gasteiger partial charge in [-0.05, 0) is 43.4 Å². The average molecular weight is 414 g/mol. The summed E-state index contributed by atoms with van der Waals surface area (Å²) in [6.07, 6.45) is 2.98. The van der Waals surface area contributed by atoms with Gasteiger partial charge in [0.1, 0.15) is 0 Å². The van der Waals surface area contributed by atoms with Crippen LogP contribution in [0.25, 0.3) is 0 Å². The number of hydrogen-bond donors (Lipinski definition) is 1. The number of piperidine rings is 1. The Morgan fingerprint density at radius 2 is 1.96 bits per heavy atom. The van der Waals surface area contributed by atoms with Crippen LogP contribution in [0.3, 0.4) is 0 Å². The Hall–Kier alpha value is -1.84. The summed E-state index contributed by atoms with van der Waals surface area (Å²) >= 11 is 0. The van der Waals surface area contributed by atoms with E-state index in [0.717, 1.165) is 18.4 Å². The average Bonchev–Trinajstić information content (AvgIpc) is 2.70. The van der Waals surface area contributed by atoms with E-state index in [-0.39, 0.29) is 18.4 Å². The van der Waals surface area contributed by atoms with E-state index in [2.05, 4.69) is 5.32 Å². The van der Waals surface area contributed by atoms with Crippen molar-refractivity contribution < 1.29 is 22.7 Å². The Bertz CT molecular complexity index is 767. The van der Waals surface area contributed by atoms with Crippen LogP contribution < -0.4 is 14.8 Å². The zero-order valence-corrected chi connectivity index (χ0v) is 17.9. The van der Waals surface area contributed by atoms with Crippen molar-refractivity contribution in [2.45, 2.75) is 25.7 Å². The first kappa shape index (κ1) is 22.4. The smallest absolute Gasteiger partial charge is 0.281 e.